The highest BCUT2D eigenvalue weighted by atomic mass is 16.2. The molecule has 0 saturated carbocycles. The first-order valence-electron chi connectivity index (χ1n) is 12.5. The fraction of sp³-hybridized carbons (Fsp3) is 0.500. The highest BCUT2D eigenvalue weighted by Gasteiger charge is 2.19. The number of nitrogens with one attached hydrogen (secondary N) is 3. The van der Waals surface area contributed by atoms with E-state index in [1.54, 1.807) is 29.7 Å². The maximum Gasteiger partial charge on any atom is 0.254 e. The molecule has 34 heavy (non-hydrogen) atoms. The first kappa shape index (κ1) is 25.6. The molecule has 0 bridgehead atoms. The van der Waals surface area contributed by atoms with Crippen molar-refractivity contribution in [3.63, 3.8) is 0 Å². The lowest BCUT2D eigenvalue weighted by atomic mass is 10.1. The molecule has 0 aliphatic heterocycles. The van der Waals surface area contributed by atoms with Crippen molar-refractivity contribution in [2.24, 2.45) is 0 Å². The van der Waals surface area contributed by atoms with Crippen LogP contribution in [0, 0.1) is 0 Å². The number of nitrogens with zero attached hydrogens (tertiary/aromatic N) is 4. The van der Waals surface area contributed by atoms with Crippen LogP contribution in [0.4, 0.5) is 0 Å². The Kier molecular flexibility index (Phi) is 10.8. The average molecular weight is 466 g/mol. The summed E-state index contributed by atoms with van der Waals surface area (Å²) >= 11 is 0. The summed E-state index contributed by atoms with van der Waals surface area (Å²) in [6.07, 6.45) is 11.7. The van der Waals surface area contributed by atoms with Crippen molar-refractivity contribution in [2.75, 3.05) is 26.2 Å². The van der Waals surface area contributed by atoms with Crippen LogP contribution in [0.3, 0.4) is 0 Å². The lowest BCUT2D eigenvalue weighted by Gasteiger charge is -2.21. The summed E-state index contributed by atoms with van der Waals surface area (Å²) in [5.41, 5.74) is 1.78. The molecule has 1 amide bonds. The maximum atomic E-state index is 13.4. The van der Waals surface area contributed by atoms with E-state index in [1.807, 2.05) is 18.2 Å². The fourth-order valence-electron chi connectivity index (χ4n) is 4.11. The summed E-state index contributed by atoms with van der Waals surface area (Å²) in [6.45, 7) is 10.6. The number of hydrogen-bond donors (Lipinski definition) is 3. The molecule has 0 aliphatic rings. The summed E-state index contributed by atoms with van der Waals surface area (Å²) in [5.74, 6) is 1.45. The Morgan fingerprint density at radius 1 is 0.941 bits per heavy atom. The first-order chi connectivity index (χ1) is 16.7. The van der Waals surface area contributed by atoms with E-state index in [-0.39, 0.29) is 5.91 Å². The highest BCUT2D eigenvalue weighted by molar-refractivity contribution is 5.94. The SMILES string of the molecule is CCCN(CCC)CCCCNCc1cccc(C(=O)N(Cc2ncc[nH]2)Cc2ncc[nH]2)c1. The Hall–Kier alpha value is -2.97. The van der Waals surface area contributed by atoms with E-state index in [1.165, 1.54) is 38.9 Å². The van der Waals surface area contributed by atoms with Crippen molar-refractivity contribution in [1.82, 2.24) is 35.1 Å². The largest absolute Gasteiger partial charge is 0.347 e. The molecule has 0 aliphatic carbocycles. The summed E-state index contributed by atoms with van der Waals surface area (Å²) in [6, 6.07) is 7.88. The number of unbranched alkanes of at least 4 members (excludes halogenated alkanes) is 1. The zero-order chi connectivity index (χ0) is 24.0. The third kappa shape index (κ3) is 8.43. The monoisotopic (exact) mass is 465 g/mol. The zero-order valence-electron chi connectivity index (χ0n) is 20.6. The van der Waals surface area contributed by atoms with Gasteiger partial charge in [-0.15, -0.1) is 0 Å². The maximum absolute atomic E-state index is 13.4. The molecule has 1 aromatic carbocycles. The van der Waals surface area contributed by atoms with Gasteiger partial charge in [0.25, 0.3) is 5.91 Å². The van der Waals surface area contributed by atoms with Gasteiger partial charge >= 0.3 is 0 Å². The quantitative estimate of drug-likeness (QED) is 0.278. The van der Waals surface area contributed by atoms with Gasteiger partial charge in [0.1, 0.15) is 11.6 Å². The van der Waals surface area contributed by atoms with Gasteiger partial charge in [-0.3, -0.25) is 4.79 Å². The number of benzene rings is 1. The fourth-order valence-corrected chi connectivity index (χ4v) is 4.11. The molecule has 8 nitrogen and oxygen atoms in total. The second-order valence-corrected chi connectivity index (χ2v) is 8.66. The van der Waals surface area contributed by atoms with Crippen molar-refractivity contribution in [3.8, 4) is 0 Å². The number of hydrogen-bond acceptors (Lipinski definition) is 5. The van der Waals surface area contributed by atoms with E-state index in [2.05, 4.69) is 50.1 Å². The van der Waals surface area contributed by atoms with Crippen LogP contribution in [0.15, 0.2) is 49.1 Å². The molecule has 8 heteroatoms. The van der Waals surface area contributed by atoms with Crippen molar-refractivity contribution in [2.45, 2.75) is 59.2 Å². The molecule has 0 atom stereocenters. The van der Waals surface area contributed by atoms with Crippen LogP contribution >= 0.6 is 0 Å². The molecule has 184 valence electrons. The van der Waals surface area contributed by atoms with Crippen LogP contribution in [-0.4, -0.2) is 61.8 Å². The van der Waals surface area contributed by atoms with Gasteiger partial charge in [-0.25, -0.2) is 9.97 Å². The molecular weight excluding hydrogens is 426 g/mol. The van der Waals surface area contributed by atoms with Crippen molar-refractivity contribution in [1.29, 1.82) is 0 Å². The van der Waals surface area contributed by atoms with Gasteiger partial charge in [0, 0.05) is 36.9 Å². The Morgan fingerprint density at radius 2 is 1.62 bits per heavy atom. The van der Waals surface area contributed by atoms with E-state index in [9.17, 15) is 4.79 Å². The Bertz CT molecular complexity index is 898. The zero-order valence-corrected chi connectivity index (χ0v) is 20.6. The van der Waals surface area contributed by atoms with E-state index in [0.29, 0.717) is 18.7 Å². The smallest absolute Gasteiger partial charge is 0.254 e. The minimum atomic E-state index is -0.0402. The standard InChI is InChI=1S/C26H39N7O/c1-3-15-32(16-4-2)17-6-5-10-27-19-22-8-7-9-23(18-22)26(34)33(20-24-28-11-12-29-24)21-25-30-13-14-31-25/h7-9,11-14,18,27H,3-6,10,15-17,19-21H2,1-2H3,(H,28,29)(H,30,31). The van der Waals surface area contributed by atoms with Gasteiger partial charge in [-0.1, -0.05) is 26.0 Å². The van der Waals surface area contributed by atoms with Crippen LogP contribution in [0.25, 0.3) is 0 Å². The molecule has 0 saturated heterocycles. The molecule has 3 N–H and O–H groups in total. The Labute approximate surface area is 203 Å². The number of H-pyrrole nitrogens is 2. The molecular formula is C26H39N7O. The van der Waals surface area contributed by atoms with Gasteiger partial charge in [0.2, 0.25) is 0 Å². The van der Waals surface area contributed by atoms with Crippen LogP contribution < -0.4 is 5.32 Å². The van der Waals surface area contributed by atoms with E-state index < -0.39 is 0 Å². The minimum Gasteiger partial charge on any atom is -0.347 e. The van der Waals surface area contributed by atoms with Crippen LogP contribution in [0.5, 0.6) is 0 Å². The summed E-state index contributed by atoms with van der Waals surface area (Å²) < 4.78 is 0. The second-order valence-electron chi connectivity index (χ2n) is 8.66. The third-order valence-electron chi connectivity index (χ3n) is 5.74. The van der Waals surface area contributed by atoms with E-state index >= 15 is 0 Å². The Morgan fingerprint density at radius 3 is 2.21 bits per heavy atom. The van der Waals surface area contributed by atoms with Crippen LogP contribution in [-0.2, 0) is 19.6 Å². The van der Waals surface area contributed by atoms with Gasteiger partial charge in [-0.05, 0) is 69.6 Å². The van der Waals surface area contributed by atoms with E-state index in [4.69, 9.17) is 0 Å². The predicted molar refractivity (Wildman–Crippen MR) is 135 cm³/mol. The second kappa shape index (κ2) is 14.3. The number of carbonyl (C=O) groups is 1. The number of carbonyl (C=O) groups excluding carboxylic acids is 1. The van der Waals surface area contributed by atoms with Gasteiger partial charge < -0.3 is 25.1 Å². The third-order valence-corrected chi connectivity index (χ3v) is 5.74. The molecule has 0 unspecified atom stereocenters. The van der Waals surface area contributed by atoms with Crippen LogP contribution in [0.2, 0.25) is 0 Å². The topological polar surface area (TPSA) is 92.9 Å². The number of rotatable bonds is 16. The average Bonchev–Trinajstić information content (AvgIpc) is 3.55. The molecule has 2 aromatic heterocycles. The first-order valence-corrected chi connectivity index (χ1v) is 12.5. The minimum absolute atomic E-state index is 0.0402. The molecule has 0 spiro atoms. The van der Waals surface area contributed by atoms with E-state index in [0.717, 1.165) is 36.7 Å². The van der Waals surface area contributed by atoms with Crippen molar-refractivity contribution >= 4 is 5.91 Å². The lowest BCUT2D eigenvalue weighted by molar-refractivity contribution is 0.0721. The number of aromatic amines is 2. The Balaban J connectivity index is 1.50. The van der Waals surface area contributed by atoms with Crippen molar-refractivity contribution in [3.05, 3.63) is 71.8 Å². The lowest BCUT2D eigenvalue weighted by Crippen LogP contribution is -2.31. The van der Waals surface area contributed by atoms with Crippen LogP contribution in [0.1, 0.15) is 67.1 Å². The normalized spacial score (nSPS) is 11.3. The number of amides is 1. The summed E-state index contributed by atoms with van der Waals surface area (Å²) in [4.78, 5) is 32.4. The summed E-state index contributed by atoms with van der Waals surface area (Å²) in [7, 11) is 0. The molecule has 0 fully saturated rings. The molecule has 3 rings (SSSR count). The number of aromatic nitrogens is 4. The summed E-state index contributed by atoms with van der Waals surface area (Å²) in [5, 5.41) is 3.53. The van der Waals surface area contributed by atoms with Gasteiger partial charge in [0.05, 0.1) is 13.1 Å². The molecule has 3 aromatic rings. The molecule has 0 radical (unpaired) electrons. The van der Waals surface area contributed by atoms with Gasteiger partial charge in [0.15, 0.2) is 0 Å². The molecule has 2 heterocycles. The number of imidazole rings is 2. The van der Waals surface area contributed by atoms with Gasteiger partial charge in [-0.2, -0.15) is 0 Å². The van der Waals surface area contributed by atoms with Crippen molar-refractivity contribution < 1.29 is 4.79 Å². The predicted octanol–water partition coefficient (Wildman–Crippen LogP) is 3.97. The highest BCUT2D eigenvalue weighted by Crippen LogP contribution is 2.13.